The van der Waals surface area contributed by atoms with Gasteiger partial charge in [-0.2, -0.15) is 0 Å². The number of hydrogen-bond acceptors (Lipinski definition) is 2. The van der Waals surface area contributed by atoms with Crippen LogP contribution in [0.4, 0.5) is 0 Å². The van der Waals surface area contributed by atoms with Crippen LogP contribution in [0.25, 0.3) is 10.4 Å². The first-order valence-corrected chi connectivity index (χ1v) is 6.85. The molecule has 0 bridgehead atoms. The van der Waals surface area contributed by atoms with Gasteiger partial charge in [-0.1, -0.05) is 17.7 Å². The number of hydrogen-bond donors (Lipinski definition) is 1. The van der Waals surface area contributed by atoms with Crippen LogP contribution in [0, 0.1) is 6.92 Å². The molecular weight excluding hydrogens is 250 g/mol. The Morgan fingerprint density at radius 2 is 2.00 bits per heavy atom. The van der Waals surface area contributed by atoms with Gasteiger partial charge in [-0.3, -0.25) is 0 Å². The van der Waals surface area contributed by atoms with Crippen molar-refractivity contribution in [1.29, 1.82) is 0 Å². The molecule has 1 nitrogen and oxygen atoms in total. The summed E-state index contributed by atoms with van der Waals surface area (Å²) in [6.07, 6.45) is 0. The van der Waals surface area contributed by atoms with Crippen LogP contribution in [0.3, 0.4) is 0 Å². The highest BCUT2D eigenvalue weighted by molar-refractivity contribution is 7.15. The molecule has 0 aliphatic rings. The Morgan fingerprint density at radius 1 is 1.24 bits per heavy atom. The Labute approximate surface area is 111 Å². The topological polar surface area (TPSA) is 12.0 Å². The second-order valence-corrected chi connectivity index (χ2v) is 5.72. The lowest BCUT2D eigenvalue weighted by molar-refractivity contribution is 0.664. The predicted molar refractivity (Wildman–Crippen MR) is 77.0 cm³/mol. The van der Waals surface area contributed by atoms with Crippen molar-refractivity contribution in [1.82, 2.24) is 5.32 Å². The average molecular weight is 266 g/mol. The van der Waals surface area contributed by atoms with E-state index in [4.69, 9.17) is 11.6 Å². The zero-order valence-corrected chi connectivity index (χ0v) is 11.8. The normalized spacial score (nSPS) is 12.7. The van der Waals surface area contributed by atoms with E-state index in [0.717, 1.165) is 5.02 Å². The molecular formula is C14H16ClNS. The van der Waals surface area contributed by atoms with Crippen LogP contribution in [0.15, 0.2) is 30.3 Å². The monoisotopic (exact) mass is 265 g/mol. The van der Waals surface area contributed by atoms with Crippen molar-refractivity contribution in [3.63, 3.8) is 0 Å². The first-order chi connectivity index (χ1) is 8.11. The van der Waals surface area contributed by atoms with Crippen molar-refractivity contribution >= 4 is 22.9 Å². The average Bonchev–Trinajstić information content (AvgIpc) is 2.77. The van der Waals surface area contributed by atoms with Crippen LogP contribution in [-0.2, 0) is 0 Å². The lowest BCUT2D eigenvalue weighted by Gasteiger charge is -2.06. The molecule has 1 heterocycles. The molecule has 0 aliphatic heterocycles. The fraction of sp³-hybridized carbons (Fsp3) is 0.286. The van der Waals surface area contributed by atoms with Gasteiger partial charge in [0, 0.05) is 20.8 Å². The Kier molecular flexibility index (Phi) is 3.87. The van der Waals surface area contributed by atoms with Gasteiger partial charge in [0.05, 0.1) is 0 Å². The summed E-state index contributed by atoms with van der Waals surface area (Å²) in [5.41, 5.74) is 2.50. The van der Waals surface area contributed by atoms with Gasteiger partial charge in [0.15, 0.2) is 0 Å². The Balaban J connectivity index is 2.37. The third-order valence-corrected chi connectivity index (χ3v) is 4.48. The molecule has 90 valence electrons. The molecule has 0 saturated heterocycles. The maximum absolute atomic E-state index is 5.98. The fourth-order valence-corrected chi connectivity index (χ4v) is 3.16. The minimum absolute atomic E-state index is 0.404. The third kappa shape index (κ3) is 2.71. The van der Waals surface area contributed by atoms with E-state index in [0.29, 0.717) is 6.04 Å². The van der Waals surface area contributed by atoms with E-state index in [2.05, 4.69) is 37.4 Å². The summed E-state index contributed by atoms with van der Waals surface area (Å²) in [4.78, 5) is 2.66. The smallest absolute Gasteiger partial charge is 0.0409 e. The summed E-state index contributed by atoms with van der Waals surface area (Å²) >= 11 is 7.81. The molecule has 2 aromatic rings. The Bertz CT molecular complexity index is 519. The van der Waals surface area contributed by atoms with Crippen LogP contribution in [-0.4, -0.2) is 7.05 Å². The predicted octanol–water partition coefficient (Wildman–Crippen LogP) is 4.66. The summed E-state index contributed by atoms with van der Waals surface area (Å²) in [5, 5.41) is 4.06. The molecule has 1 atom stereocenters. The highest BCUT2D eigenvalue weighted by Gasteiger charge is 2.09. The Morgan fingerprint density at radius 3 is 2.65 bits per heavy atom. The molecule has 0 fully saturated rings. The summed E-state index contributed by atoms with van der Waals surface area (Å²) in [6, 6.07) is 10.8. The highest BCUT2D eigenvalue weighted by atomic mass is 35.5. The van der Waals surface area contributed by atoms with Gasteiger partial charge in [-0.25, -0.2) is 0 Å². The molecule has 3 heteroatoms. The van der Waals surface area contributed by atoms with Gasteiger partial charge in [-0.05, 0) is 56.3 Å². The second-order valence-electron chi connectivity index (χ2n) is 4.17. The first-order valence-electron chi connectivity index (χ1n) is 5.65. The number of thiophene rings is 1. The van der Waals surface area contributed by atoms with Crippen LogP contribution in [0.2, 0.25) is 5.02 Å². The molecule has 0 aliphatic carbocycles. The van der Waals surface area contributed by atoms with Gasteiger partial charge in [0.1, 0.15) is 0 Å². The Hall–Kier alpha value is -0.830. The number of halogens is 1. The molecule has 0 radical (unpaired) electrons. The minimum Gasteiger partial charge on any atom is -0.313 e. The van der Waals surface area contributed by atoms with Crippen molar-refractivity contribution in [2.75, 3.05) is 7.05 Å². The number of benzene rings is 1. The highest BCUT2D eigenvalue weighted by Crippen LogP contribution is 2.33. The molecule has 17 heavy (non-hydrogen) atoms. The number of rotatable bonds is 3. The molecule has 1 N–H and O–H groups in total. The van der Waals surface area contributed by atoms with E-state index in [1.807, 2.05) is 30.5 Å². The van der Waals surface area contributed by atoms with Crippen molar-refractivity contribution in [3.8, 4) is 10.4 Å². The fourth-order valence-electron chi connectivity index (χ4n) is 1.78. The van der Waals surface area contributed by atoms with Gasteiger partial charge in [0.2, 0.25) is 0 Å². The standard InChI is InChI=1S/C14H16ClNS/c1-9-8-11(15)4-5-12(9)14-7-6-13(17-14)10(2)16-3/h4-8,10,16H,1-3H3. The lowest BCUT2D eigenvalue weighted by Crippen LogP contribution is -2.10. The second kappa shape index (κ2) is 5.21. The zero-order chi connectivity index (χ0) is 12.4. The van der Waals surface area contributed by atoms with Gasteiger partial charge < -0.3 is 5.32 Å². The maximum Gasteiger partial charge on any atom is 0.0409 e. The van der Waals surface area contributed by atoms with E-state index in [-0.39, 0.29) is 0 Å². The van der Waals surface area contributed by atoms with E-state index in [9.17, 15) is 0 Å². The van der Waals surface area contributed by atoms with Crippen LogP contribution in [0.5, 0.6) is 0 Å². The van der Waals surface area contributed by atoms with Crippen LogP contribution >= 0.6 is 22.9 Å². The number of aryl methyl sites for hydroxylation is 1. The maximum atomic E-state index is 5.98. The SMILES string of the molecule is CNC(C)c1ccc(-c2ccc(Cl)cc2C)s1. The lowest BCUT2D eigenvalue weighted by atomic mass is 10.1. The summed E-state index contributed by atoms with van der Waals surface area (Å²) < 4.78 is 0. The molecule has 0 amide bonds. The molecule has 1 aromatic heterocycles. The van der Waals surface area contributed by atoms with Crippen molar-refractivity contribution in [2.24, 2.45) is 0 Å². The molecule has 0 spiro atoms. The van der Waals surface area contributed by atoms with Crippen molar-refractivity contribution < 1.29 is 0 Å². The van der Waals surface area contributed by atoms with E-state index >= 15 is 0 Å². The summed E-state index contributed by atoms with van der Waals surface area (Å²) in [7, 11) is 1.98. The molecule has 1 aromatic carbocycles. The first kappa shape index (κ1) is 12.6. The van der Waals surface area contributed by atoms with Gasteiger partial charge >= 0.3 is 0 Å². The number of nitrogens with one attached hydrogen (secondary N) is 1. The largest absolute Gasteiger partial charge is 0.313 e. The van der Waals surface area contributed by atoms with Crippen LogP contribution < -0.4 is 5.32 Å². The van der Waals surface area contributed by atoms with Gasteiger partial charge in [0.25, 0.3) is 0 Å². The van der Waals surface area contributed by atoms with Crippen molar-refractivity contribution in [2.45, 2.75) is 19.9 Å². The van der Waals surface area contributed by atoms with Gasteiger partial charge in [-0.15, -0.1) is 11.3 Å². The van der Waals surface area contributed by atoms with E-state index in [1.165, 1.54) is 20.9 Å². The summed E-state index contributed by atoms with van der Waals surface area (Å²) in [5.74, 6) is 0. The van der Waals surface area contributed by atoms with Crippen molar-refractivity contribution in [3.05, 3.63) is 45.8 Å². The zero-order valence-electron chi connectivity index (χ0n) is 10.3. The van der Waals surface area contributed by atoms with E-state index in [1.54, 1.807) is 0 Å². The minimum atomic E-state index is 0.404. The van der Waals surface area contributed by atoms with E-state index < -0.39 is 0 Å². The molecule has 2 rings (SSSR count). The quantitative estimate of drug-likeness (QED) is 0.851. The van der Waals surface area contributed by atoms with Crippen LogP contribution in [0.1, 0.15) is 23.4 Å². The summed E-state index contributed by atoms with van der Waals surface area (Å²) in [6.45, 7) is 4.27. The molecule has 0 saturated carbocycles. The third-order valence-electron chi connectivity index (χ3n) is 2.94. The molecule has 1 unspecified atom stereocenters.